The molecule has 0 bridgehead atoms. The number of aromatic hydroxyl groups is 1. The van der Waals surface area contributed by atoms with E-state index in [1.54, 1.807) is 31.2 Å². The van der Waals surface area contributed by atoms with E-state index in [-0.39, 0.29) is 5.75 Å². The van der Waals surface area contributed by atoms with Crippen molar-refractivity contribution in [3.8, 4) is 5.75 Å². The molecule has 0 fully saturated rings. The van der Waals surface area contributed by atoms with Crippen molar-refractivity contribution in [3.63, 3.8) is 0 Å². The number of phenols is 1. The molecule has 1 N–H and O–H groups in total. The minimum atomic E-state index is -0.403. The molecule has 0 aliphatic carbocycles. The second kappa shape index (κ2) is 6.43. The van der Waals surface area contributed by atoms with E-state index in [0.717, 1.165) is 28.2 Å². The highest BCUT2D eigenvalue weighted by Crippen LogP contribution is 2.30. The van der Waals surface area contributed by atoms with Crippen molar-refractivity contribution in [1.82, 2.24) is 0 Å². The molecule has 4 heteroatoms. The minimum Gasteiger partial charge on any atom is -0.508 e. The summed E-state index contributed by atoms with van der Waals surface area (Å²) >= 11 is 0. The maximum absolute atomic E-state index is 11.8. The first-order valence-corrected chi connectivity index (χ1v) is 7.02. The number of fused-ring (bicyclic) bond motifs is 1. The van der Waals surface area contributed by atoms with Crippen LogP contribution in [0.3, 0.4) is 0 Å². The number of hydrogen-bond acceptors (Lipinski definition) is 4. The van der Waals surface area contributed by atoms with Crippen LogP contribution in [0.1, 0.15) is 36.2 Å². The maximum Gasteiger partial charge on any atom is 0.333 e. The monoisotopic (exact) mass is 298 g/mol. The Morgan fingerprint density at radius 2 is 1.95 bits per heavy atom. The zero-order valence-electron chi connectivity index (χ0n) is 12.8. The Morgan fingerprint density at radius 3 is 2.55 bits per heavy atom. The van der Waals surface area contributed by atoms with Crippen LogP contribution in [0, 0.1) is 0 Å². The Labute approximate surface area is 129 Å². The Hall–Kier alpha value is -2.62. The standard InChI is InChI=1S/C18H18O4/c1-4-16(11(2)18(21)22-3)17-9-12-5-6-15(20)8-13(12)7-14(17)10-19/h5-10,20H,4H2,1-3H3/b16-11+. The molecule has 0 heterocycles. The molecule has 0 spiro atoms. The Balaban J connectivity index is 2.75. The number of methoxy groups -OCH3 is 1. The molecule has 2 aromatic rings. The van der Waals surface area contributed by atoms with E-state index < -0.39 is 5.97 Å². The van der Waals surface area contributed by atoms with Gasteiger partial charge in [-0.25, -0.2) is 4.79 Å². The van der Waals surface area contributed by atoms with Crippen molar-refractivity contribution in [2.24, 2.45) is 0 Å². The maximum atomic E-state index is 11.8. The summed E-state index contributed by atoms with van der Waals surface area (Å²) in [5.74, 6) is -0.256. The molecule has 0 saturated carbocycles. The molecular weight excluding hydrogens is 280 g/mol. The molecule has 22 heavy (non-hydrogen) atoms. The molecule has 2 aromatic carbocycles. The smallest absolute Gasteiger partial charge is 0.333 e. The van der Waals surface area contributed by atoms with Crippen LogP contribution in [0.4, 0.5) is 0 Å². The second-order valence-electron chi connectivity index (χ2n) is 5.04. The van der Waals surface area contributed by atoms with Crippen LogP contribution < -0.4 is 0 Å². The number of carbonyl (C=O) groups is 2. The fraction of sp³-hybridized carbons (Fsp3) is 0.222. The summed E-state index contributed by atoms with van der Waals surface area (Å²) in [7, 11) is 1.34. The van der Waals surface area contributed by atoms with E-state index in [9.17, 15) is 14.7 Å². The summed E-state index contributed by atoms with van der Waals surface area (Å²) in [6.07, 6.45) is 1.37. The first-order chi connectivity index (χ1) is 10.5. The molecule has 2 rings (SSSR count). The number of carbonyl (C=O) groups excluding carboxylic acids is 2. The third-order valence-electron chi connectivity index (χ3n) is 3.74. The van der Waals surface area contributed by atoms with Gasteiger partial charge in [-0.3, -0.25) is 4.79 Å². The van der Waals surface area contributed by atoms with Gasteiger partial charge in [-0.15, -0.1) is 0 Å². The molecule has 0 atom stereocenters. The lowest BCUT2D eigenvalue weighted by Crippen LogP contribution is -2.06. The highest BCUT2D eigenvalue weighted by Gasteiger charge is 2.15. The zero-order valence-corrected chi connectivity index (χ0v) is 12.8. The lowest BCUT2D eigenvalue weighted by atomic mass is 9.91. The Kier molecular flexibility index (Phi) is 4.61. The minimum absolute atomic E-state index is 0.147. The van der Waals surface area contributed by atoms with Crippen LogP contribution in [-0.2, 0) is 9.53 Å². The molecule has 0 saturated heterocycles. The summed E-state index contributed by atoms with van der Waals surface area (Å²) in [6.45, 7) is 3.62. The number of ether oxygens (including phenoxy) is 1. The van der Waals surface area contributed by atoms with Crippen molar-refractivity contribution < 1.29 is 19.4 Å². The molecule has 0 aliphatic rings. The van der Waals surface area contributed by atoms with Crippen molar-refractivity contribution in [1.29, 1.82) is 0 Å². The normalized spacial score (nSPS) is 12.0. The van der Waals surface area contributed by atoms with Crippen molar-refractivity contribution in [2.45, 2.75) is 20.3 Å². The number of hydrogen-bond donors (Lipinski definition) is 1. The Bertz CT molecular complexity index is 772. The van der Waals surface area contributed by atoms with Gasteiger partial charge in [0, 0.05) is 11.1 Å². The highest BCUT2D eigenvalue weighted by molar-refractivity contribution is 6.02. The van der Waals surface area contributed by atoms with Gasteiger partial charge in [0.15, 0.2) is 6.29 Å². The zero-order chi connectivity index (χ0) is 16.3. The summed E-state index contributed by atoms with van der Waals surface area (Å²) in [5, 5.41) is 11.2. The van der Waals surface area contributed by atoms with Crippen molar-refractivity contribution >= 4 is 28.6 Å². The van der Waals surface area contributed by atoms with E-state index in [4.69, 9.17) is 4.74 Å². The first kappa shape index (κ1) is 15.8. The third-order valence-corrected chi connectivity index (χ3v) is 3.74. The number of aldehydes is 1. The highest BCUT2D eigenvalue weighted by atomic mass is 16.5. The van der Waals surface area contributed by atoms with Gasteiger partial charge in [0.1, 0.15) is 5.75 Å². The lowest BCUT2D eigenvalue weighted by molar-refractivity contribution is -0.135. The van der Waals surface area contributed by atoms with Gasteiger partial charge in [0.2, 0.25) is 0 Å². The van der Waals surface area contributed by atoms with Gasteiger partial charge in [-0.05, 0) is 59.5 Å². The third kappa shape index (κ3) is 2.86. The van der Waals surface area contributed by atoms with Gasteiger partial charge in [0.25, 0.3) is 0 Å². The first-order valence-electron chi connectivity index (χ1n) is 7.02. The average Bonchev–Trinajstić information content (AvgIpc) is 2.53. The lowest BCUT2D eigenvalue weighted by Gasteiger charge is -2.13. The fourth-order valence-electron chi connectivity index (χ4n) is 2.60. The second-order valence-corrected chi connectivity index (χ2v) is 5.04. The fourth-order valence-corrected chi connectivity index (χ4v) is 2.60. The van der Waals surface area contributed by atoms with Gasteiger partial charge in [-0.2, -0.15) is 0 Å². The predicted molar refractivity (Wildman–Crippen MR) is 85.9 cm³/mol. The van der Waals surface area contributed by atoms with E-state index >= 15 is 0 Å². The number of phenolic OH excluding ortho intramolecular Hbond substituents is 1. The number of rotatable bonds is 4. The number of esters is 1. The largest absolute Gasteiger partial charge is 0.508 e. The van der Waals surface area contributed by atoms with E-state index in [0.29, 0.717) is 17.6 Å². The number of allylic oxidation sites excluding steroid dienone is 1. The van der Waals surface area contributed by atoms with Crippen molar-refractivity contribution in [2.75, 3.05) is 7.11 Å². The van der Waals surface area contributed by atoms with Crippen LogP contribution in [0.25, 0.3) is 16.3 Å². The summed E-state index contributed by atoms with van der Waals surface area (Å²) < 4.78 is 4.77. The molecular formula is C18H18O4. The molecule has 114 valence electrons. The van der Waals surface area contributed by atoms with Gasteiger partial charge in [-0.1, -0.05) is 13.0 Å². The molecule has 0 unspecified atom stereocenters. The topological polar surface area (TPSA) is 63.6 Å². The van der Waals surface area contributed by atoms with Crippen LogP contribution in [-0.4, -0.2) is 24.5 Å². The molecule has 0 radical (unpaired) electrons. The van der Waals surface area contributed by atoms with Crippen LogP contribution >= 0.6 is 0 Å². The Morgan fingerprint density at radius 1 is 1.23 bits per heavy atom. The average molecular weight is 298 g/mol. The van der Waals surface area contributed by atoms with E-state index in [1.807, 2.05) is 13.0 Å². The SMILES string of the molecule is CC/C(=C(/C)C(=O)OC)c1cc2ccc(O)cc2cc1C=O. The summed E-state index contributed by atoms with van der Waals surface area (Å²) in [5.41, 5.74) is 2.48. The molecule has 0 aromatic heterocycles. The molecule has 4 nitrogen and oxygen atoms in total. The van der Waals surface area contributed by atoms with Crippen LogP contribution in [0.5, 0.6) is 5.75 Å². The molecule has 0 amide bonds. The van der Waals surface area contributed by atoms with E-state index in [2.05, 4.69) is 0 Å². The summed E-state index contributed by atoms with van der Waals surface area (Å²) in [6, 6.07) is 8.56. The summed E-state index contributed by atoms with van der Waals surface area (Å²) in [4.78, 5) is 23.2. The molecule has 0 aliphatic heterocycles. The van der Waals surface area contributed by atoms with Crippen molar-refractivity contribution in [3.05, 3.63) is 47.0 Å². The predicted octanol–water partition coefficient (Wildman–Crippen LogP) is 3.71. The van der Waals surface area contributed by atoms with Gasteiger partial charge in [0.05, 0.1) is 7.11 Å². The van der Waals surface area contributed by atoms with Gasteiger partial charge >= 0.3 is 5.97 Å². The van der Waals surface area contributed by atoms with Crippen LogP contribution in [0.2, 0.25) is 0 Å². The quantitative estimate of drug-likeness (QED) is 0.531. The van der Waals surface area contributed by atoms with Crippen LogP contribution in [0.15, 0.2) is 35.9 Å². The van der Waals surface area contributed by atoms with Gasteiger partial charge < -0.3 is 9.84 Å². The van der Waals surface area contributed by atoms with E-state index in [1.165, 1.54) is 7.11 Å². The number of benzene rings is 2.